The van der Waals surface area contributed by atoms with Crippen molar-refractivity contribution in [1.29, 1.82) is 0 Å². The molecule has 0 spiro atoms. The maximum atomic E-state index is 7.00. The molecule has 1 N–H and O–H groups in total. The molecule has 0 aromatic rings. The van der Waals surface area contributed by atoms with E-state index in [2.05, 4.69) is 6.92 Å². The third-order valence-corrected chi connectivity index (χ3v) is 2.53. The van der Waals surface area contributed by atoms with E-state index < -0.39 is 0 Å². The molecule has 0 rings (SSSR count). The minimum atomic E-state index is 0. The molecule has 0 unspecified atom stereocenters. The number of hydrogen-bond acceptors (Lipinski definition) is 0. The van der Waals surface area contributed by atoms with Gasteiger partial charge in [-0.05, 0) is 0 Å². The van der Waals surface area contributed by atoms with E-state index in [9.17, 15) is 0 Å². The van der Waals surface area contributed by atoms with Gasteiger partial charge in [-0.2, -0.15) is 6.54 Å². The predicted octanol–water partition coefficient (Wildman–Crippen LogP) is 5.86. The van der Waals surface area contributed by atoms with E-state index in [-0.39, 0.29) is 41.1 Å². The average Bonchev–Trinajstić information content (AvgIpc) is 2.16. The Morgan fingerprint density at radius 3 is 1.25 bits per heavy atom. The zero-order chi connectivity index (χ0) is 9.78. The first-order chi connectivity index (χ1) is 6.41. The molecule has 0 saturated carbocycles. The minimum Gasteiger partial charge on any atom is -0.677 e. The molecule has 97 valence electrons. The molecule has 0 fully saturated rings. The molecular weight excluding hydrogens is 273 g/mol. The van der Waals surface area contributed by atoms with Crippen LogP contribution < -0.4 is 0 Å². The summed E-state index contributed by atoms with van der Waals surface area (Å²) in [4.78, 5) is 0. The molecule has 0 aliphatic heterocycles. The first-order valence-corrected chi connectivity index (χ1v) is 6.06. The topological polar surface area (TPSA) is 23.8 Å². The van der Waals surface area contributed by atoms with Crippen LogP contribution in [-0.4, -0.2) is 6.54 Å². The van der Waals surface area contributed by atoms with E-state index in [1.54, 1.807) is 0 Å². The SMILES string of the molecule is CCCCCCCCCCCC[NH-].[CH3-].[CH3-].[Zr+3]. The Morgan fingerprint density at radius 2 is 0.938 bits per heavy atom. The maximum Gasteiger partial charge on any atom is 3.00 e. The van der Waals surface area contributed by atoms with Gasteiger partial charge in [-0.15, -0.1) is 0 Å². The molecule has 16 heavy (non-hydrogen) atoms. The standard InChI is InChI=1S/C12H26N.2CH3.Zr/c1-2-3-4-5-6-7-8-9-10-11-12-13;;;/h13H,2-12H2,1H3;2*1H3;/q3*-1;+3. The van der Waals surface area contributed by atoms with Crippen LogP contribution in [0.4, 0.5) is 0 Å². The van der Waals surface area contributed by atoms with Gasteiger partial charge >= 0.3 is 26.2 Å². The molecule has 1 nitrogen and oxygen atoms in total. The van der Waals surface area contributed by atoms with Gasteiger partial charge in [0, 0.05) is 0 Å². The summed E-state index contributed by atoms with van der Waals surface area (Å²) in [7, 11) is 0. The largest absolute Gasteiger partial charge is 3.00 e. The Hall–Kier alpha value is 0.843. The molecule has 0 aromatic carbocycles. The van der Waals surface area contributed by atoms with E-state index in [4.69, 9.17) is 5.73 Å². The van der Waals surface area contributed by atoms with Crippen LogP contribution >= 0.6 is 0 Å². The van der Waals surface area contributed by atoms with Crippen molar-refractivity contribution < 1.29 is 26.2 Å². The molecule has 0 bridgehead atoms. The Kier molecular flexibility index (Phi) is 39.9. The second-order valence-corrected chi connectivity index (χ2v) is 3.93. The molecule has 0 heterocycles. The summed E-state index contributed by atoms with van der Waals surface area (Å²) >= 11 is 0. The van der Waals surface area contributed by atoms with Gasteiger partial charge in [0.2, 0.25) is 0 Å². The van der Waals surface area contributed by atoms with Crippen LogP contribution in [0.3, 0.4) is 0 Å². The Labute approximate surface area is 124 Å². The van der Waals surface area contributed by atoms with Crippen LogP contribution in [0.15, 0.2) is 0 Å². The minimum absolute atomic E-state index is 0. The summed E-state index contributed by atoms with van der Waals surface area (Å²) in [6.45, 7) is 2.89. The van der Waals surface area contributed by atoms with Crippen LogP contribution in [0, 0.1) is 14.9 Å². The summed E-state index contributed by atoms with van der Waals surface area (Å²) in [6, 6.07) is 0. The number of rotatable bonds is 10. The van der Waals surface area contributed by atoms with Crippen molar-refractivity contribution in [2.24, 2.45) is 0 Å². The van der Waals surface area contributed by atoms with Crippen LogP contribution in [0.2, 0.25) is 0 Å². The first-order valence-electron chi connectivity index (χ1n) is 6.06. The molecule has 0 atom stereocenters. The van der Waals surface area contributed by atoms with Gasteiger partial charge < -0.3 is 20.6 Å². The second kappa shape index (κ2) is 24.9. The summed E-state index contributed by atoms with van der Waals surface area (Å²) in [5, 5.41) is 0. The predicted molar refractivity (Wildman–Crippen MR) is 73.9 cm³/mol. The first kappa shape index (κ1) is 25.6. The van der Waals surface area contributed by atoms with Gasteiger partial charge in [0.15, 0.2) is 0 Å². The van der Waals surface area contributed by atoms with Crippen molar-refractivity contribution in [3.05, 3.63) is 20.6 Å². The maximum absolute atomic E-state index is 7.00. The van der Waals surface area contributed by atoms with Gasteiger partial charge in [-0.1, -0.05) is 71.1 Å². The van der Waals surface area contributed by atoms with Crippen LogP contribution in [0.5, 0.6) is 0 Å². The van der Waals surface area contributed by atoms with Gasteiger partial charge in [-0.25, -0.2) is 0 Å². The van der Waals surface area contributed by atoms with Crippen molar-refractivity contribution in [3.63, 3.8) is 0 Å². The van der Waals surface area contributed by atoms with E-state index in [1.165, 1.54) is 57.8 Å². The zero-order valence-electron chi connectivity index (χ0n) is 11.8. The second-order valence-electron chi connectivity index (χ2n) is 3.93. The Morgan fingerprint density at radius 1 is 0.625 bits per heavy atom. The smallest absolute Gasteiger partial charge is 0.677 e. The van der Waals surface area contributed by atoms with Crippen LogP contribution in [-0.2, 0) is 26.2 Å². The Balaban J connectivity index is -0.000000240. The van der Waals surface area contributed by atoms with Crippen molar-refractivity contribution >= 4 is 0 Å². The molecular formula is C14H32NZr. The molecule has 0 saturated heterocycles. The van der Waals surface area contributed by atoms with E-state index in [1.807, 2.05) is 0 Å². The van der Waals surface area contributed by atoms with Crippen LogP contribution in [0.25, 0.3) is 5.73 Å². The van der Waals surface area contributed by atoms with Crippen molar-refractivity contribution in [2.75, 3.05) is 6.54 Å². The van der Waals surface area contributed by atoms with Gasteiger partial charge in [0.25, 0.3) is 0 Å². The Bertz CT molecular complexity index is 76.8. The van der Waals surface area contributed by atoms with Crippen molar-refractivity contribution in [2.45, 2.75) is 71.1 Å². The van der Waals surface area contributed by atoms with Gasteiger partial charge in [0.1, 0.15) is 0 Å². The molecule has 0 aliphatic carbocycles. The van der Waals surface area contributed by atoms with E-state index in [0.717, 1.165) is 6.42 Å². The summed E-state index contributed by atoms with van der Waals surface area (Å²) in [6.07, 6.45) is 13.6. The summed E-state index contributed by atoms with van der Waals surface area (Å²) in [5.41, 5.74) is 7.00. The third-order valence-electron chi connectivity index (χ3n) is 2.53. The molecule has 0 aliphatic rings. The monoisotopic (exact) mass is 304 g/mol. The van der Waals surface area contributed by atoms with Crippen molar-refractivity contribution in [3.8, 4) is 0 Å². The van der Waals surface area contributed by atoms with Crippen LogP contribution in [0.1, 0.15) is 71.1 Å². The molecule has 0 aromatic heterocycles. The number of hydrogen-bond donors (Lipinski definition) is 0. The normalized spacial score (nSPS) is 8.62. The molecule has 1 radical (unpaired) electrons. The summed E-state index contributed by atoms with van der Waals surface area (Å²) in [5.74, 6) is 0. The van der Waals surface area contributed by atoms with E-state index >= 15 is 0 Å². The number of nitrogens with one attached hydrogen (secondary N) is 1. The summed E-state index contributed by atoms with van der Waals surface area (Å²) < 4.78 is 0. The third kappa shape index (κ3) is 24.2. The number of unbranched alkanes of at least 4 members (excludes halogenated alkanes) is 9. The van der Waals surface area contributed by atoms with Crippen molar-refractivity contribution in [1.82, 2.24) is 0 Å². The van der Waals surface area contributed by atoms with E-state index in [0.29, 0.717) is 6.54 Å². The van der Waals surface area contributed by atoms with Gasteiger partial charge in [-0.3, -0.25) is 0 Å². The fourth-order valence-electron chi connectivity index (χ4n) is 1.61. The average molecular weight is 306 g/mol. The molecule has 0 amide bonds. The fourth-order valence-corrected chi connectivity index (χ4v) is 1.61. The quantitative estimate of drug-likeness (QED) is 0.357. The van der Waals surface area contributed by atoms with Gasteiger partial charge in [0.05, 0.1) is 0 Å². The molecule has 2 heteroatoms. The zero-order valence-corrected chi connectivity index (χ0v) is 14.2. The fraction of sp³-hybridized carbons (Fsp3) is 0.857.